The van der Waals surface area contributed by atoms with Crippen molar-refractivity contribution in [3.8, 4) is 0 Å². The Hall–Kier alpha value is -0.450. The van der Waals surface area contributed by atoms with Crippen LogP contribution >= 0.6 is 22.6 Å². The van der Waals surface area contributed by atoms with E-state index < -0.39 is 6.04 Å². The van der Waals surface area contributed by atoms with Crippen molar-refractivity contribution in [3.05, 3.63) is 33.4 Å². The Bertz CT molecular complexity index is 260. The highest BCUT2D eigenvalue weighted by Gasteiger charge is 2.01. The third-order valence-corrected chi connectivity index (χ3v) is 1.72. The Morgan fingerprint density at radius 1 is 1.50 bits per heavy atom. The summed E-state index contributed by atoms with van der Waals surface area (Å²) in [6.07, 6.45) is 0. The van der Waals surface area contributed by atoms with E-state index in [1.807, 2.05) is 22.6 Å². The lowest BCUT2D eigenvalue weighted by Crippen LogP contribution is -1.88. The number of halogens is 2. The van der Waals surface area contributed by atoms with E-state index in [1.54, 1.807) is 12.1 Å². The molecule has 1 aromatic carbocycles. The molecule has 1 aromatic rings. The van der Waals surface area contributed by atoms with Crippen LogP contribution in [0, 0.1) is 3.57 Å². The molecular formula is C7H4FIO. The molecule has 0 fully saturated rings. The van der Waals surface area contributed by atoms with E-state index in [4.69, 9.17) is 0 Å². The SMILES string of the molecule is O=C(F)c1cccc(I)c1. The van der Waals surface area contributed by atoms with Gasteiger partial charge in [0, 0.05) is 3.57 Å². The van der Waals surface area contributed by atoms with E-state index in [-0.39, 0.29) is 5.56 Å². The molecule has 3 heteroatoms. The Morgan fingerprint density at radius 3 is 2.60 bits per heavy atom. The smallest absolute Gasteiger partial charge is 0.255 e. The lowest BCUT2D eigenvalue weighted by Gasteiger charge is -1.91. The van der Waals surface area contributed by atoms with Gasteiger partial charge < -0.3 is 0 Å². The molecule has 0 saturated heterocycles. The Labute approximate surface area is 71.4 Å². The number of hydrogen-bond donors (Lipinski definition) is 0. The van der Waals surface area contributed by atoms with E-state index in [1.165, 1.54) is 12.1 Å². The number of benzene rings is 1. The lowest BCUT2D eigenvalue weighted by atomic mass is 10.2. The normalized spacial score (nSPS) is 9.40. The minimum Gasteiger partial charge on any atom is -0.255 e. The molecule has 10 heavy (non-hydrogen) atoms. The average molecular weight is 250 g/mol. The van der Waals surface area contributed by atoms with Gasteiger partial charge in [-0.2, -0.15) is 4.39 Å². The third-order valence-electron chi connectivity index (χ3n) is 1.05. The zero-order valence-electron chi connectivity index (χ0n) is 4.97. The summed E-state index contributed by atoms with van der Waals surface area (Å²) in [7, 11) is 0. The first-order chi connectivity index (χ1) is 4.70. The van der Waals surface area contributed by atoms with Crippen LogP contribution in [0.25, 0.3) is 0 Å². The van der Waals surface area contributed by atoms with Gasteiger partial charge in [0.2, 0.25) is 0 Å². The fraction of sp³-hybridized carbons (Fsp3) is 0. The Balaban J connectivity index is 3.07. The predicted octanol–water partition coefficient (Wildman–Crippen LogP) is 2.40. The molecular weight excluding hydrogens is 246 g/mol. The molecule has 0 aliphatic heterocycles. The zero-order valence-corrected chi connectivity index (χ0v) is 7.13. The van der Waals surface area contributed by atoms with Gasteiger partial charge in [-0.3, -0.25) is 4.79 Å². The number of hydrogen-bond acceptors (Lipinski definition) is 1. The molecule has 0 atom stereocenters. The van der Waals surface area contributed by atoms with Crippen LogP contribution in [0.15, 0.2) is 24.3 Å². The van der Waals surface area contributed by atoms with Crippen LogP contribution in [-0.4, -0.2) is 6.04 Å². The summed E-state index contributed by atoms with van der Waals surface area (Å²) in [5, 5.41) is 0. The lowest BCUT2D eigenvalue weighted by molar-refractivity contribution is 0.0836. The molecule has 0 amide bonds. The highest BCUT2D eigenvalue weighted by atomic mass is 127. The highest BCUT2D eigenvalue weighted by molar-refractivity contribution is 14.1. The van der Waals surface area contributed by atoms with Gasteiger partial charge in [0.25, 0.3) is 0 Å². The van der Waals surface area contributed by atoms with Gasteiger partial charge >= 0.3 is 6.04 Å². The number of carbonyl (C=O) groups excluding carboxylic acids is 1. The summed E-state index contributed by atoms with van der Waals surface area (Å²) in [5.74, 6) is 0. The Kier molecular flexibility index (Phi) is 2.37. The van der Waals surface area contributed by atoms with Gasteiger partial charge in [-0.25, -0.2) is 0 Å². The topological polar surface area (TPSA) is 17.1 Å². The van der Waals surface area contributed by atoms with Crippen molar-refractivity contribution in [2.75, 3.05) is 0 Å². The largest absolute Gasteiger partial charge is 0.332 e. The van der Waals surface area contributed by atoms with Crippen LogP contribution in [0.4, 0.5) is 4.39 Å². The molecule has 0 aromatic heterocycles. The van der Waals surface area contributed by atoms with Gasteiger partial charge in [-0.15, -0.1) is 0 Å². The van der Waals surface area contributed by atoms with Gasteiger partial charge in [-0.05, 0) is 40.8 Å². The third kappa shape index (κ3) is 1.76. The number of rotatable bonds is 1. The molecule has 0 aliphatic rings. The summed E-state index contributed by atoms with van der Waals surface area (Å²) in [4.78, 5) is 10.1. The average Bonchev–Trinajstić information content (AvgIpc) is 1.88. The van der Waals surface area contributed by atoms with E-state index in [2.05, 4.69) is 0 Å². The minimum atomic E-state index is -1.38. The quantitative estimate of drug-likeness (QED) is 0.552. The van der Waals surface area contributed by atoms with Gasteiger partial charge in [0.15, 0.2) is 0 Å². The van der Waals surface area contributed by atoms with Crippen molar-refractivity contribution in [2.45, 2.75) is 0 Å². The molecule has 0 aliphatic carbocycles. The molecule has 0 N–H and O–H groups in total. The standard InChI is InChI=1S/C7H4FIO/c8-7(10)5-2-1-3-6(9)4-5/h1-4H. The van der Waals surface area contributed by atoms with E-state index in [0.717, 1.165) is 3.57 Å². The number of carbonyl (C=O) groups is 1. The molecule has 52 valence electrons. The van der Waals surface area contributed by atoms with Crippen molar-refractivity contribution >= 4 is 28.6 Å². The van der Waals surface area contributed by atoms with Crippen molar-refractivity contribution in [1.82, 2.24) is 0 Å². The molecule has 0 radical (unpaired) electrons. The fourth-order valence-electron chi connectivity index (χ4n) is 0.611. The monoisotopic (exact) mass is 250 g/mol. The summed E-state index contributed by atoms with van der Waals surface area (Å²) >= 11 is 2.02. The van der Waals surface area contributed by atoms with Gasteiger partial charge in [-0.1, -0.05) is 6.07 Å². The van der Waals surface area contributed by atoms with Crippen LogP contribution in [-0.2, 0) is 0 Å². The van der Waals surface area contributed by atoms with Crippen LogP contribution < -0.4 is 0 Å². The minimum absolute atomic E-state index is 0.118. The molecule has 0 saturated carbocycles. The maximum atomic E-state index is 12.0. The van der Waals surface area contributed by atoms with Crippen LogP contribution in [0.5, 0.6) is 0 Å². The first-order valence-electron chi connectivity index (χ1n) is 2.65. The maximum Gasteiger partial charge on any atom is 0.332 e. The van der Waals surface area contributed by atoms with E-state index in [9.17, 15) is 9.18 Å². The maximum absolute atomic E-state index is 12.0. The summed E-state index contributed by atoms with van der Waals surface area (Å²) in [5.41, 5.74) is 0.118. The first-order valence-corrected chi connectivity index (χ1v) is 3.73. The molecule has 0 spiro atoms. The predicted molar refractivity (Wildman–Crippen MR) is 44.6 cm³/mol. The summed E-state index contributed by atoms with van der Waals surface area (Å²) in [6.45, 7) is 0. The fourth-order valence-corrected chi connectivity index (χ4v) is 1.15. The van der Waals surface area contributed by atoms with Crippen molar-refractivity contribution < 1.29 is 9.18 Å². The summed E-state index contributed by atoms with van der Waals surface area (Å²) < 4.78 is 12.8. The van der Waals surface area contributed by atoms with Crippen molar-refractivity contribution in [2.24, 2.45) is 0 Å². The second kappa shape index (κ2) is 3.09. The zero-order chi connectivity index (χ0) is 7.56. The molecule has 0 bridgehead atoms. The van der Waals surface area contributed by atoms with Gasteiger partial charge in [0.05, 0.1) is 5.56 Å². The highest BCUT2D eigenvalue weighted by Crippen LogP contribution is 2.08. The Morgan fingerprint density at radius 2 is 2.20 bits per heavy atom. The van der Waals surface area contributed by atoms with Crippen LogP contribution in [0.1, 0.15) is 10.4 Å². The second-order valence-electron chi connectivity index (χ2n) is 1.78. The van der Waals surface area contributed by atoms with E-state index in [0.29, 0.717) is 0 Å². The first kappa shape index (κ1) is 7.65. The van der Waals surface area contributed by atoms with Crippen molar-refractivity contribution in [1.29, 1.82) is 0 Å². The van der Waals surface area contributed by atoms with Crippen molar-refractivity contribution in [3.63, 3.8) is 0 Å². The van der Waals surface area contributed by atoms with Crippen LogP contribution in [0.2, 0.25) is 0 Å². The molecule has 0 unspecified atom stereocenters. The molecule has 1 rings (SSSR count). The molecule has 0 heterocycles. The summed E-state index contributed by atoms with van der Waals surface area (Å²) in [6, 6.07) is 5.02. The van der Waals surface area contributed by atoms with Gasteiger partial charge in [0.1, 0.15) is 0 Å². The second-order valence-corrected chi connectivity index (χ2v) is 3.03. The van der Waals surface area contributed by atoms with Crippen LogP contribution in [0.3, 0.4) is 0 Å². The molecule has 1 nitrogen and oxygen atoms in total. The van der Waals surface area contributed by atoms with E-state index >= 15 is 0 Å².